The minimum absolute atomic E-state index is 0.0547. The highest BCUT2D eigenvalue weighted by Gasteiger charge is 2.26. The summed E-state index contributed by atoms with van der Waals surface area (Å²) < 4.78 is 13.0. The van der Waals surface area contributed by atoms with Crippen LogP contribution in [0.15, 0.2) is 0 Å². The highest BCUT2D eigenvalue weighted by molar-refractivity contribution is 5.96. The Labute approximate surface area is 178 Å². The van der Waals surface area contributed by atoms with Crippen LogP contribution < -0.4 is 5.32 Å². The Hall–Kier alpha value is -1.93. The van der Waals surface area contributed by atoms with Crippen LogP contribution in [0.5, 0.6) is 0 Å². The van der Waals surface area contributed by atoms with Gasteiger partial charge in [0.05, 0.1) is 35.6 Å². The summed E-state index contributed by atoms with van der Waals surface area (Å²) in [6.07, 6.45) is 6.20. The lowest BCUT2D eigenvalue weighted by atomic mass is 9.87. The molecule has 1 amide bonds. The molecule has 0 saturated heterocycles. The average molecular weight is 422 g/mol. The summed E-state index contributed by atoms with van der Waals surface area (Å²) in [5.41, 5.74) is 2.47. The number of ether oxygens (including phenoxy) is 2. The second kappa shape index (κ2) is 11.5. The van der Waals surface area contributed by atoms with Gasteiger partial charge in [-0.3, -0.25) is 14.3 Å². The molecule has 0 atom stereocenters. The van der Waals surface area contributed by atoms with Crippen LogP contribution in [0.1, 0.15) is 73.6 Å². The molecule has 8 heteroatoms. The van der Waals surface area contributed by atoms with E-state index in [1.807, 2.05) is 11.6 Å². The average Bonchev–Trinajstić information content (AvgIpc) is 3.08. The summed E-state index contributed by atoms with van der Waals surface area (Å²) in [6, 6.07) is 0. The Morgan fingerprint density at radius 2 is 2.03 bits per heavy atom. The van der Waals surface area contributed by atoms with E-state index in [1.165, 1.54) is 0 Å². The van der Waals surface area contributed by atoms with Gasteiger partial charge in [0.2, 0.25) is 0 Å². The number of nitrogens with zero attached hydrogens (tertiary/aromatic N) is 2. The van der Waals surface area contributed by atoms with Crippen molar-refractivity contribution in [2.45, 2.75) is 77.4 Å². The van der Waals surface area contributed by atoms with Crippen molar-refractivity contribution in [1.82, 2.24) is 15.1 Å². The first-order valence-corrected chi connectivity index (χ1v) is 11.4. The van der Waals surface area contributed by atoms with Crippen LogP contribution in [0.4, 0.5) is 0 Å². The lowest BCUT2D eigenvalue weighted by molar-refractivity contribution is -0.150. The first-order valence-electron chi connectivity index (χ1n) is 11.4. The zero-order valence-corrected chi connectivity index (χ0v) is 18.0. The molecule has 0 unspecified atom stereocenters. The Morgan fingerprint density at radius 3 is 2.80 bits per heavy atom. The van der Waals surface area contributed by atoms with Crippen LogP contribution in [0.3, 0.4) is 0 Å². The fourth-order valence-corrected chi connectivity index (χ4v) is 4.23. The van der Waals surface area contributed by atoms with Crippen LogP contribution >= 0.6 is 0 Å². The molecule has 1 aliphatic heterocycles. The number of carbonyl (C=O) groups excluding carboxylic acids is 2. The molecular weight excluding hydrogens is 386 g/mol. The molecule has 0 bridgehead atoms. The van der Waals surface area contributed by atoms with Gasteiger partial charge in [-0.2, -0.15) is 5.10 Å². The third kappa shape index (κ3) is 6.04. The molecule has 0 spiro atoms. The summed E-state index contributed by atoms with van der Waals surface area (Å²) >= 11 is 0. The van der Waals surface area contributed by atoms with Gasteiger partial charge in [0.15, 0.2) is 0 Å². The monoisotopic (exact) mass is 421 g/mol. The molecule has 1 aromatic rings. The van der Waals surface area contributed by atoms with Crippen LogP contribution in [0.2, 0.25) is 0 Å². The summed E-state index contributed by atoms with van der Waals surface area (Å²) in [6.45, 7) is 4.89. The maximum atomic E-state index is 12.8. The third-order valence-electron chi connectivity index (χ3n) is 5.93. The molecular formula is C22H35N3O5. The molecule has 0 aromatic carbocycles. The number of aliphatic hydroxyl groups is 1. The van der Waals surface area contributed by atoms with Crippen molar-refractivity contribution < 1.29 is 24.2 Å². The van der Waals surface area contributed by atoms with Crippen molar-refractivity contribution in [3.63, 3.8) is 0 Å². The van der Waals surface area contributed by atoms with Crippen molar-refractivity contribution in [3.8, 4) is 0 Å². The number of rotatable bonds is 6. The minimum atomic E-state index is -0.276. The highest BCUT2D eigenvalue weighted by atomic mass is 16.5. The van der Waals surface area contributed by atoms with Crippen molar-refractivity contribution in [3.05, 3.63) is 17.0 Å². The molecule has 2 heterocycles. The number of nitrogens with one attached hydrogen (secondary N) is 1. The van der Waals surface area contributed by atoms with E-state index >= 15 is 0 Å². The Morgan fingerprint density at radius 1 is 1.27 bits per heavy atom. The number of aryl methyl sites for hydroxylation is 2. The molecule has 1 fully saturated rings. The highest BCUT2D eigenvalue weighted by Crippen LogP contribution is 2.25. The minimum Gasteiger partial charge on any atom is -0.465 e. The predicted molar refractivity (Wildman–Crippen MR) is 111 cm³/mol. The van der Waals surface area contributed by atoms with Gasteiger partial charge in [0, 0.05) is 32.7 Å². The third-order valence-corrected chi connectivity index (χ3v) is 5.93. The fourth-order valence-electron chi connectivity index (χ4n) is 4.23. The first-order chi connectivity index (χ1) is 14.6. The Bertz CT molecular complexity index is 710. The summed E-state index contributed by atoms with van der Waals surface area (Å²) in [7, 11) is 0. The zero-order valence-electron chi connectivity index (χ0n) is 18.0. The van der Waals surface area contributed by atoms with Gasteiger partial charge in [-0.25, -0.2) is 0 Å². The molecule has 8 nitrogen and oxygen atoms in total. The van der Waals surface area contributed by atoms with Gasteiger partial charge in [0.1, 0.15) is 0 Å². The number of aliphatic hydroxyl groups excluding tert-OH is 1. The first kappa shape index (κ1) is 22.7. The van der Waals surface area contributed by atoms with Crippen LogP contribution in [0, 0.1) is 5.92 Å². The smallest absolute Gasteiger partial charge is 0.308 e. The molecule has 1 saturated carbocycles. The van der Waals surface area contributed by atoms with E-state index in [9.17, 15) is 14.7 Å². The van der Waals surface area contributed by atoms with Gasteiger partial charge in [-0.05, 0) is 51.4 Å². The Kier molecular flexibility index (Phi) is 8.69. The van der Waals surface area contributed by atoms with E-state index < -0.39 is 0 Å². The van der Waals surface area contributed by atoms with E-state index in [-0.39, 0.29) is 23.9 Å². The number of hydrogen-bond acceptors (Lipinski definition) is 6. The van der Waals surface area contributed by atoms with E-state index in [1.54, 1.807) is 0 Å². The molecule has 1 aliphatic carbocycles. The SMILES string of the molecule is CCc1nn(CCCOC(=O)C2CCC(O)CC2)c2c1C(=O)NCCCOCCC2. The zero-order chi connectivity index (χ0) is 21.3. The van der Waals surface area contributed by atoms with Gasteiger partial charge in [-0.1, -0.05) is 6.92 Å². The quantitative estimate of drug-likeness (QED) is 0.538. The van der Waals surface area contributed by atoms with E-state index in [4.69, 9.17) is 14.6 Å². The summed E-state index contributed by atoms with van der Waals surface area (Å²) in [5.74, 6) is -0.307. The molecule has 168 valence electrons. The van der Waals surface area contributed by atoms with Crippen molar-refractivity contribution in [1.29, 1.82) is 0 Å². The molecule has 3 rings (SSSR count). The lowest BCUT2D eigenvalue weighted by Gasteiger charge is -2.23. The van der Waals surface area contributed by atoms with Crippen LogP contribution in [-0.4, -0.2) is 59.2 Å². The fraction of sp³-hybridized carbons (Fsp3) is 0.773. The summed E-state index contributed by atoms with van der Waals surface area (Å²) in [5, 5.41) is 17.3. The molecule has 30 heavy (non-hydrogen) atoms. The molecule has 2 aliphatic rings. The van der Waals surface area contributed by atoms with Crippen molar-refractivity contribution in [2.24, 2.45) is 5.92 Å². The predicted octanol–water partition coefficient (Wildman–Crippen LogP) is 2.01. The number of hydrogen-bond donors (Lipinski definition) is 2. The van der Waals surface area contributed by atoms with Crippen LogP contribution in [0.25, 0.3) is 0 Å². The number of amides is 1. The maximum Gasteiger partial charge on any atom is 0.308 e. The van der Waals surface area contributed by atoms with E-state index in [0.29, 0.717) is 77.0 Å². The standard InChI is InChI=1S/C22H35N3O5/c1-2-18-20-19(6-3-13-29-14-4-11-23-21(20)27)25(24-18)12-5-15-30-22(28)16-7-9-17(26)10-8-16/h16-17,26H,2-15H2,1H3,(H,23,27). The summed E-state index contributed by atoms with van der Waals surface area (Å²) in [4.78, 5) is 25.0. The van der Waals surface area contributed by atoms with Gasteiger partial charge < -0.3 is 19.9 Å². The van der Waals surface area contributed by atoms with Crippen molar-refractivity contribution in [2.75, 3.05) is 26.4 Å². The van der Waals surface area contributed by atoms with E-state index in [2.05, 4.69) is 5.32 Å². The number of fused-ring (bicyclic) bond motifs is 1. The molecule has 0 radical (unpaired) electrons. The van der Waals surface area contributed by atoms with Gasteiger partial charge >= 0.3 is 5.97 Å². The maximum absolute atomic E-state index is 12.8. The molecule has 1 aromatic heterocycles. The second-order valence-electron chi connectivity index (χ2n) is 8.20. The van der Waals surface area contributed by atoms with E-state index in [0.717, 1.165) is 30.7 Å². The Balaban J connectivity index is 1.58. The lowest BCUT2D eigenvalue weighted by Crippen LogP contribution is -2.27. The number of esters is 1. The van der Waals surface area contributed by atoms with Crippen LogP contribution in [-0.2, 0) is 33.7 Å². The van der Waals surface area contributed by atoms with Gasteiger partial charge in [0.25, 0.3) is 5.91 Å². The second-order valence-corrected chi connectivity index (χ2v) is 8.20. The normalized spacial score (nSPS) is 23.2. The van der Waals surface area contributed by atoms with Crippen molar-refractivity contribution >= 4 is 11.9 Å². The van der Waals surface area contributed by atoms with Gasteiger partial charge in [-0.15, -0.1) is 0 Å². The molecule has 2 N–H and O–H groups in total. The number of aromatic nitrogens is 2. The largest absolute Gasteiger partial charge is 0.465 e. The topological polar surface area (TPSA) is 103 Å². The number of carbonyl (C=O) groups is 2.